The lowest BCUT2D eigenvalue weighted by Crippen LogP contribution is -2.22. The molecule has 0 atom stereocenters. The van der Waals surface area contributed by atoms with E-state index < -0.39 is 18.5 Å². The Hall–Kier alpha value is -3.75. The molecule has 29 heavy (non-hydrogen) atoms. The smallest absolute Gasteiger partial charge is 0.343 e. The van der Waals surface area contributed by atoms with Gasteiger partial charge >= 0.3 is 5.97 Å². The zero-order valence-electron chi connectivity index (χ0n) is 16.4. The van der Waals surface area contributed by atoms with Gasteiger partial charge in [-0.25, -0.2) is 4.79 Å². The maximum Gasteiger partial charge on any atom is 0.343 e. The highest BCUT2D eigenvalue weighted by atomic mass is 16.5. The molecule has 1 amide bonds. The van der Waals surface area contributed by atoms with E-state index in [0.717, 1.165) is 0 Å². The molecular formula is C20H21NO8. The Morgan fingerprint density at radius 1 is 0.931 bits per heavy atom. The van der Waals surface area contributed by atoms with E-state index in [1.165, 1.54) is 40.6 Å². The highest BCUT2D eigenvalue weighted by Crippen LogP contribution is 2.33. The topological polar surface area (TPSA) is 109 Å². The van der Waals surface area contributed by atoms with Crippen LogP contribution in [-0.4, -0.2) is 53.2 Å². The van der Waals surface area contributed by atoms with Crippen molar-refractivity contribution in [2.75, 3.05) is 40.4 Å². The van der Waals surface area contributed by atoms with Crippen LogP contribution in [0.2, 0.25) is 0 Å². The monoisotopic (exact) mass is 403 g/mol. The Morgan fingerprint density at radius 2 is 1.66 bits per heavy atom. The van der Waals surface area contributed by atoms with Gasteiger partial charge in [-0.3, -0.25) is 9.59 Å². The molecule has 1 N–H and O–H groups in total. The first-order valence-electron chi connectivity index (χ1n) is 8.38. The molecule has 0 aliphatic carbocycles. The predicted molar refractivity (Wildman–Crippen MR) is 103 cm³/mol. The van der Waals surface area contributed by atoms with Gasteiger partial charge in [-0.05, 0) is 24.3 Å². The molecule has 0 spiro atoms. The van der Waals surface area contributed by atoms with Gasteiger partial charge in [-0.15, -0.1) is 0 Å². The minimum Gasteiger partial charge on any atom is -0.497 e. The standard InChI is InChI=1S/C20H21NO8/c1-25-13-6-7-14(16(9-13)27-3)21-17(23)11-29-20(24)18-12(10-22)5-8-15(26-2)19(18)28-4/h5-10H,11H2,1-4H3,(H,21,23). The number of esters is 1. The minimum absolute atomic E-state index is 0.0410. The quantitative estimate of drug-likeness (QED) is 0.502. The summed E-state index contributed by atoms with van der Waals surface area (Å²) in [6.45, 7) is -0.591. The summed E-state index contributed by atoms with van der Waals surface area (Å²) in [4.78, 5) is 36.0. The molecule has 0 aliphatic rings. The molecule has 2 rings (SSSR count). The van der Waals surface area contributed by atoms with Crippen LogP contribution in [0.5, 0.6) is 23.0 Å². The summed E-state index contributed by atoms with van der Waals surface area (Å²) in [5.41, 5.74) is 0.295. The molecule has 0 bridgehead atoms. The van der Waals surface area contributed by atoms with Crippen molar-refractivity contribution in [3.63, 3.8) is 0 Å². The Bertz CT molecular complexity index is 910. The van der Waals surface area contributed by atoms with Crippen molar-refractivity contribution in [1.29, 1.82) is 0 Å². The lowest BCUT2D eigenvalue weighted by molar-refractivity contribution is -0.119. The average molecular weight is 403 g/mol. The number of benzene rings is 2. The Balaban J connectivity index is 2.13. The average Bonchev–Trinajstić information content (AvgIpc) is 2.76. The predicted octanol–water partition coefficient (Wildman–Crippen LogP) is 2.33. The molecule has 0 saturated carbocycles. The van der Waals surface area contributed by atoms with E-state index in [1.54, 1.807) is 18.2 Å². The van der Waals surface area contributed by atoms with Crippen molar-refractivity contribution in [3.8, 4) is 23.0 Å². The van der Waals surface area contributed by atoms with E-state index in [0.29, 0.717) is 23.5 Å². The fourth-order valence-electron chi connectivity index (χ4n) is 2.54. The molecule has 0 saturated heterocycles. The molecule has 0 aromatic heterocycles. The van der Waals surface area contributed by atoms with Gasteiger partial charge in [0.05, 0.1) is 34.1 Å². The largest absolute Gasteiger partial charge is 0.497 e. The van der Waals surface area contributed by atoms with Crippen LogP contribution in [0.3, 0.4) is 0 Å². The van der Waals surface area contributed by atoms with Crippen LogP contribution >= 0.6 is 0 Å². The second-order valence-corrected chi connectivity index (χ2v) is 5.57. The molecule has 9 heteroatoms. The molecule has 0 fully saturated rings. The molecule has 0 radical (unpaired) electrons. The van der Waals surface area contributed by atoms with Gasteiger partial charge in [0.2, 0.25) is 0 Å². The zero-order valence-corrected chi connectivity index (χ0v) is 16.4. The number of nitrogens with one attached hydrogen (secondary N) is 1. The molecule has 0 aliphatic heterocycles. The first-order chi connectivity index (χ1) is 14.0. The third-order valence-corrected chi connectivity index (χ3v) is 3.93. The van der Waals surface area contributed by atoms with Gasteiger partial charge in [0.25, 0.3) is 5.91 Å². The summed E-state index contributed by atoms with van der Waals surface area (Å²) >= 11 is 0. The Labute approximate surface area is 167 Å². The van der Waals surface area contributed by atoms with Crippen LogP contribution in [0.4, 0.5) is 5.69 Å². The van der Waals surface area contributed by atoms with Gasteiger partial charge in [0.1, 0.15) is 17.1 Å². The first kappa shape index (κ1) is 21.5. The number of aldehydes is 1. The summed E-state index contributed by atoms with van der Waals surface area (Å²) in [5.74, 6) is -0.285. The van der Waals surface area contributed by atoms with E-state index in [-0.39, 0.29) is 22.6 Å². The number of hydrogen-bond donors (Lipinski definition) is 1. The normalized spacial score (nSPS) is 9.93. The van der Waals surface area contributed by atoms with Gasteiger partial charge in [0.15, 0.2) is 24.4 Å². The molecule has 154 valence electrons. The molecule has 2 aromatic carbocycles. The van der Waals surface area contributed by atoms with Crippen molar-refractivity contribution >= 4 is 23.9 Å². The van der Waals surface area contributed by atoms with Gasteiger partial charge in [-0.2, -0.15) is 0 Å². The van der Waals surface area contributed by atoms with Gasteiger partial charge in [0, 0.05) is 11.6 Å². The number of anilines is 1. The number of carbonyl (C=O) groups excluding carboxylic acids is 3. The van der Waals surface area contributed by atoms with Crippen molar-refractivity contribution in [1.82, 2.24) is 0 Å². The van der Waals surface area contributed by atoms with Gasteiger partial charge < -0.3 is 29.0 Å². The highest BCUT2D eigenvalue weighted by Gasteiger charge is 2.23. The van der Waals surface area contributed by atoms with Crippen LogP contribution in [0.1, 0.15) is 20.7 Å². The van der Waals surface area contributed by atoms with Crippen LogP contribution in [0.15, 0.2) is 30.3 Å². The maximum absolute atomic E-state index is 12.5. The molecule has 0 unspecified atom stereocenters. The third kappa shape index (κ3) is 4.95. The second-order valence-electron chi connectivity index (χ2n) is 5.57. The summed E-state index contributed by atoms with van der Waals surface area (Å²) in [6.07, 6.45) is 0.487. The first-order valence-corrected chi connectivity index (χ1v) is 8.38. The molecular weight excluding hydrogens is 382 g/mol. The van der Waals surface area contributed by atoms with Crippen LogP contribution in [-0.2, 0) is 9.53 Å². The van der Waals surface area contributed by atoms with E-state index in [2.05, 4.69) is 5.32 Å². The summed E-state index contributed by atoms with van der Waals surface area (Å²) < 4.78 is 25.6. The number of carbonyl (C=O) groups is 3. The number of amides is 1. The van der Waals surface area contributed by atoms with Crippen molar-refractivity contribution < 1.29 is 38.1 Å². The van der Waals surface area contributed by atoms with Crippen molar-refractivity contribution in [3.05, 3.63) is 41.5 Å². The Morgan fingerprint density at radius 3 is 2.24 bits per heavy atom. The fraction of sp³-hybridized carbons (Fsp3) is 0.250. The van der Waals surface area contributed by atoms with Crippen LogP contribution in [0.25, 0.3) is 0 Å². The number of hydrogen-bond acceptors (Lipinski definition) is 8. The molecule has 0 heterocycles. The zero-order chi connectivity index (χ0) is 21.4. The third-order valence-electron chi connectivity index (χ3n) is 3.93. The summed E-state index contributed by atoms with van der Waals surface area (Å²) in [5, 5.41) is 2.58. The van der Waals surface area contributed by atoms with Crippen molar-refractivity contribution in [2.45, 2.75) is 0 Å². The van der Waals surface area contributed by atoms with Gasteiger partial charge in [-0.1, -0.05) is 0 Å². The Kier molecular flexibility index (Phi) is 7.41. The van der Waals surface area contributed by atoms with Crippen LogP contribution < -0.4 is 24.3 Å². The van der Waals surface area contributed by atoms with Crippen molar-refractivity contribution in [2.24, 2.45) is 0 Å². The number of rotatable bonds is 9. The SMILES string of the molecule is COc1ccc(NC(=O)COC(=O)c2c(C=O)ccc(OC)c2OC)c(OC)c1. The van der Waals surface area contributed by atoms with E-state index in [4.69, 9.17) is 23.7 Å². The highest BCUT2D eigenvalue weighted by molar-refractivity contribution is 6.03. The second kappa shape index (κ2) is 9.98. The minimum atomic E-state index is -0.903. The molecule has 9 nitrogen and oxygen atoms in total. The van der Waals surface area contributed by atoms with Crippen LogP contribution in [0, 0.1) is 0 Å². The lowest BCUT2D eigenvalue weighted by atomic mass is 10.1. The number of methoxy groups -OCH3 is 4. The summed E-state index contributed by atoms with van der Waals surface area (Å²) in [7, 11) is 5.67. The van der Waals surface area contributed by atoms with E-state index in [9.17, 15) is 14.4 Å². The maximum atomic E-state index is 12.5. The van der Waals surface area contributed by atoms with E-state index >= 15 is 0 Å². The molecule has 2 aromatic rings. The lowest BCUT2D eigenvalue weighted by Gasteiger charge is -2.14. The number of ether oxygens (including phenoxy) is 5. The fourth-order valence-corrected chi connectivity index (χ4v) is 2.54. The summed E-state index contributed by atoms with van der Waals surface area (Å²) in [6, 6.07) is 7.71. The van der Waals surface area contributed by atoms with E-state index in [1.807, 2.05) is 0 Å².